The highest BCUT2D eigenvalue weighted by Crippen LogP contribution is 2.36. The van der Waals surface area contributed by atoms with E-state index < -0.39 is 5.82 Å². The topological polar surface area (TPSA) is 71.9 Å². The zero-order chi connectivity index (χ0) is 21.3. The van der Waals surface area contributed by atoms with Crippen molar-refractivity contribution in [1.29, 1.82) is 5.26 Å². The monoisotopic (exact) mass is 479 g/mol. The Morgan fingerprint density at radius 2 is 1.93 bits per heavy atom. The second kappa shape index (κ2) is 8.62. The Morgan fingerprint density at radius 3 is 2.67 bits per heavy atom. The molecule has 150 valence electrons. The molecule has 0 aliphatic carbocycles. The molecule has 4 rings (SSSR count). The van der Waals surface area contributed by atoms with E-state index in [1.54, 1.807) is 11.4 Å². The third kappa shape index (κ3) is 4.27. The first-order valence-corrected chi connectivity index (χ1v) is 10.4. The number of halogens is 4. The molecule has 2 heterocycles. The maximum atomic E-state index is 15.1. The normalized spacial score (nSPS) is 10.8. The zero-order valence-corrected chi connectivity index (χ0v) is 17.9. The zero-order valence-electron chi connectivity index (χ0n) is 14.8. The van der Waals surface area contributed by atoms with Gasteiger partial charge in [-0.05, 0) is 35.7 Å². The number of hydrogen-bond donors (Lipinski definition) is 0. The van der Waals surface area contributed by atoms with Gasteiger partial charge in [0.05, 0.1) is 28.1 Å². The number of thiophene rings is 1. The standard InChI is InChI=1S/C20H9Cl3FN3O2S/c21-12-5-10(9-25)6-13(8-12)28-18-14(22)2-1-11(17(18)24)7-16-26-27-20(29-16)19-15(23)3-4-30-19/h1-6,8H,7H2. The van der Waals surface area contributed by atoms with Crippen LogP contribution < -0.4 is 4.74 Å². The summed E-state index contributed by atoms with van der Waals surface area (Å²) in [6.45, 7) is 0. The third-order valence-electron chi connectivity index (χ3n) is 3.97. The molecule has 0 amide bonds. The van der Waals surface area contributed by atoms with Gasteiger partial charge >= 0.3 is 0 Å². The molecule has 10 heteroatoms. The minimum absolute atomic E-state index is 0.0222. The molecule has 0 saturated carbocycles. The number of rotatable bonds is 5. The summed E-state index contributed by atoms with van der Waals surface area (Å²) in [4.78, 5) is 0.644. The fourth-order valence-corrected chi connectivity index (χ4v) is 4.10. The molecule has 0 atom stereocenters. The van der Waals surface area contributed by atoms with Crippen LogP contribution in [0.2, 0.25) is 15.1 Å². The number of benzene rings is 2. The van der Waals surface area contributed by atoms with Gasteiger partial charge in [0.15, 0.2) is 11.6 Å². The summed E-state index contributed by atoms with van der Waals surface area (Å²) in [6, 6.07) is 11.0. The minimum Gasteiger partial charge on any atom is -0.453 e. The van der Waals surface area contributed by atoms with Crippen molar-refractivity contribution in [2.24, 2.45) is 0 Å². The van der Waals surface area contributed by atoms with Gasteiger partial charge in [0.2, 0.25) is 5.89 Å². The van der Waals surface area contributed by atoms with E-state index in [-0.39, 0.29) is 50.9 Å². The second-order valence-corrected chi connectivity index (χ2v) is 8.18. The molecule has 0 radical (unpaired) electrons. The largest absolute Gasteiger partial charge is 0.453 e. The van der Waals surface area contributed by atoms with Crippen LogP contribution in [-0.2, 0) is 6.42 Å². The highest BCUT2D eigenvalue weighted by molar-refractivity contribution is 7.14. The van der Waals surface area contributed by atoms with Crippen LogP contribution in [0.3, 0.4) is 0 Å². The molecule has 0 bridgehead atoms. The summed E-state index contributed by atoms with van der Waals surface area (Å²) >= 11 is 19.5. The Balaban J connectivity index is 1.62. The first-order chi connectivity index (χ1) is 14.4. The van der Waals surface area contributed by atoms with Gasteiger partial charge in [-0.3, -0.25) is 0 Å². The molecule has 2 aromatic heterocycles. The summed E-state index contributed by atoms with van der Waals surface area (Å²) in [6.07, 6.45) is 0.0222. The minimum atomic E-state index is -0.685. The van der Waals surface area contributed by atoms with Gasteiger partial charge in [-0.1, -0.05) is 40.9 Å². The van der Waals surface area contributed by atoms with Crippen molar-refractivity contribution in [2.45, 2.75) is 6.42 Å². The quantitative estimate of drug-likeness (QED) is 0.303. The molecule has 5 nitrogen and oxygen atoms in total. The number of aromatic nitrogens is 2. The smallest absolute Gasteiger partial charge is 0.259 e. The van der Waals surface area contributed by atoms with Crippen molar-refractivity contribution in [3.05, 3.63) is 79.7 Å². The van der Waals surface area contributed by atoms with Crippen molar-refractivity contribution in [2.75, 3.05) is 0 Å². The van der Waals surface area contributed by atoms with E-state index in [2.05, 4.69) is 10.2 Å². The molecule has 0 N–H and O–H groups in total. The van der Waals surface area contributed by atoms with Gasteiger partial charge < -0.3 is 9.15 Å². The Bertz CT molecular complexity index is 1280. The molecule has 0 spiro atoms. The summed E-state index contributed by atoms with van der Waals surface area (Å²) in [5.41, 5.74) is 0.514. The van der Waals surface area contributed by atoms with Gasteiger partial charge in [-0.25, -0.2) is 4.39 Å². The Hall–Kier alpha value is -2.63. The number of nitriles is 1. The van der Waals surface area contributed by atoms with Crippen LogP contribution >= 0.6 is 46.1 Å². The average Bonchev–Trinajstić information content (AvgIpc) is 3.35. The molecule has 0 aliphatic rings. The summed E-state index contributed by atoms with van der Waals surface area (Å²) < 4.78 is 26.3. The lowest BCUT2D eigenvalue weighted by Crippen LogP contribution is -1.98. The molecule has 2 aromatic carbocycles. The molecular weight excluding hydrogens is 472 g/mol. The fraction of sp³-hybridized carbons (Fsp3) is 0.0500. The van der Waals surface area contributed by atoms with E-state index in [0.29, 0.717) is 9.90 Å². The Kier molecular flexibility index (Phi) is 5.93. The van der Waals surface area contributed by atoms with Crippen molar-refractivity contribution >= 4 is 46.1 Å². The summed E-state index contributed by atoms with van der Waals surface area (Å²) in [5, 5.41) is 19.6. The van der Waals surface area contributed by atoms with Gasteiger partial charge in [0.1, 0.15) is 10.6 Å². The van der Waals surface area contributed by atoms with Crippen LogP contribution in [0.25, 0.3) is 10.8 Å². The lowest BCUT2D eigenvalue weighted by Gasteiger charge is -2.11. The van der Waals surface area contributed by atoms with Crippen LogP contribution in [0.15, 0.2) is 46.2 Å². The Labute approximate surface area is 189 Å². The SMILES string of the molecule is N#Cc1cc(Cl)cc(Oc2c(Cl)ccc(Cc3nnc(-c4sccc4Cl)o3)c2F)c1. The molecule has 4 aromatic rings. The lowest BCUT2D eigenvalue weighted by atomic mass is 10.1. The maximum absolute atomic E-state index is 15.1. The van der Waals surface area contributed by atoms with Crippen LogP contribution in [0.4, 0.5) is 4.39 Å². The molecule has 30 heavy (non-hydrogen) atoms. The number of ether oxygens (including phenoxy) is 1. The molecule has 0 aliphatic heterocycles. The lowest BCUT2D eigenvalue weighted by molar-refractivity contribution is 0.437. The fourth-order valence-electron chi connectivity index (χ4n) is 2.63. The summed E-state index contributed by atoms with van der Waals surface area (Å²) in [7, 11) is 0. The number of nitrogens with zero attached hydrogens (tertiary/aromatic N) is 3. The van der Waals surface area contributed by atoms with E-state index in [1.165, 1.54) is 41.7 Å². The maximum Gasteiger partial charge on any atom is 0.259 e. The van der Waals surface area contributed by atoms with E-state index in [1.807, 2.05) is 6.07 Å². The molecule has 0 saturated heterocycles. The third-order valence-corrected chi connectivity index (χ3v) is 5.81. The van der Waals surface area contributed by atoms with Crippen molar-refractivity contribution < 1.29 is 13.5 Å². The van der Waals surface area contributed by atoms with Crippen LogP contribution in [0.1, 0.15) is 17.0 Å². The molecule has 0 unspecified atom stereocenters. The van der Waals surface area contributed by atoms with E-state index in [9.17, 15) is 0 Å². The van der Waals surface area contributed by atoms with Crippen molar-refractivity contribution in [1.82, 2.24) is 10.2 Å². The van der Waals surface area contributed by atoms with Crippen molar-refractivity contribution in [3.8, 4) is 28.3 Å². The highest BCUT2D eigenvalue weighted by Gasteiger charge is 2.19. The van der Waals surface area contributed by atoms with E-state index in [0.717, 1.165) is 0 Å². The van der Waals surface area contributed by atoms with Gasteiger partial charge in [-0.2, -0.15) is 5.26 Å². The van der Waals surface area contributed by atoms with E-state index >= 15 is 4.39 Å². The predicted molar refractivity (Wildman–Crippen MR) is 113 cm³/mol. The van der Waals surface area contributed by atoms with Gasteiger partial charge in [0, 0.05) is 10.6 Å². The molecular formula is C20H9Cl3FN3O2S. The number of hydrogen-bond acceptors (Lipinski definition) is 6. The molecule has 0 fully saturated rings. The van der Waals surface area contributed by atoms with Gasteiger partial charge in [0.25, 0.3) is 5.89 Å². The average molecular weight is 481 g/mol. The van der Waals surface area contributed by atoms with Gasteiger partial charge in [-0.15, -0.1) is 21.5 Å². The first kappa shape index (κ1) is 20.6. The summed E-state index contributed by atoms with van der Waals surface area (Å²) in [5.74, 6) is -0.226. The predicted octanol–water partition coefficient (Wildman–Crippen LogP) is 7.15. The van der Waals surface area contributed by atoms with Crippen LogP contribution in [0, 0.1) is 17.1 Å². The van der Waals surface area contributed by atoms with E-state index in [4.69, 9.17) is 49.2 Å². The van der Waals surface area contributed by atoms with Crippen LogP contribution in [-0.4, -0.2) is 10.2 Å². The van der Waals surface area contributed by atoms with Crippen molar-refractivity contribution in [3.63, 3.8) is 0 Å². The Morgan fingerprint density at radius 1 is 1.10 bits per heavy atom. The second-order valence-electron chi connectivity index (χ2n) is 6.01. The van der Waals surface area contributed by atoms with Crippen LogP contribution in [0.5, 0.6) is 11.5 Å². The highest BCUT2D eigenvalue weighted by atomic mass is 35.5. The first-order valence-electron chi connectivity index (χ1n) is 8.35.